The number of anilines is 1. The molecule has 0 aromatic heterocycles. The summed E-state index contributed by atoms with van der Waals surface area (Å²) in [5.41, 5.74) is 1.71. The molecule has 2 aromatic carbocycles. The number of ether oxygens (including phenoxy) is 3. The number of nitrogens with one attached hydrogen (secondary N) is 1. The van der Waals surface area contributed by atoms with Crippen molar-refractivity contribution in [2.24, 2.45) is 0 Å². The van der Waals surface area contributed by atoms with Crippen LogP contribution in [0.4, 0.5) is 5.69 Å². The summed E-state index contributed by atoms with van der Waals surface area (Å²) in [6.45, 7) is 3.22. The fraction of sp³-hybridized carbons (Fsp3) is 0.350. The predicted octanol–water partition coefficient (Wildman–Crippen LogP) is 4.17. The van der Waals surface area contributed by atoms with Gasteiger partial charge < -0.3 is 19.5 Å². The molecule has 0 bridgehead atoms. The summed E-state index contributed by atoms with van der Waals surface area (Å²) in [5, 5.41) is 2.86. The van der Waals surface area contributed by atoms with Crippen LogP contribution in [-0.2, 0) is 9.53 Å². The van der Waals surface area contributed by atoms with Gasteiger partial charge in [-0.05, 0) is 84.3 Å². The van der Waals surface area contributed by atoms with Crippen molar-refractivity contribution >= 4 is 34.2 Å². The van der Waals surface area contributed by atoms with Gasteiger partial charge in [-0.1, -0.05) is 6.07 Å². The molecule has 1 aliphatic rings. The lowest BCUT2D eigenvalue weighted by atomic mass is 10.2. The monoisotopic (exact) mass is 467 g/mol. The maximum absolute atomic E-state index is 12.2. The second kappa shape index (κ2) is 9.23. The van der Waals surface area contributed by atoms with Gasteiger partial charge in [-0.3, -0.25) is 4.79 Å². The molecule has 6 heteroatoms. The summed E-state index contributed by atoms with van der Waals surface area (Å²) in [7, 11) is 0. The Morgan fingerprint density at radius 3 is 2.77 bits per heavy atom. The Kier molecular flexibility index (Phi) is 6.73. The lowest BCUT2D eigenvalue weighted by molar-refractivity contribution is -0.118. The maximum Gasteiger partial charge on any atom is 0.262 e. The molecule has 1 aliphatic heterocycles. The minimum atomic E-state index is -0.227. The summed E-state index contributed by atoms with van der Waals surface area (Å²) in [6, 6.07) is 13.3. The Labute approximate surface area is 167 Å². The highest BCUT2D eigenvalue weighted by Gasteiger charge is 2.17. The number of amides is 1. The summed E-state index contributed by atoms with van der Waals surface area (Å²) >= 11 is 2.22. The second-order valence-electron chi connectivity index (χ2n) is 6.24. The molecule has 1 amide bonds. The molecule has 1 saturated heterocycles. The van der Waals surface area contributed by atoms with Crippen LogP contribution < -0.4 is 14.8 Å². The maximum atomic E-state index is 12.2. The number of hydrogen-bond donors (Lipinski definition) is 1. The lowest BCUT2D eigenvalue weighted by Gasteiger charge is -2.16. The first kappa shape index (κ1) is 19.0. The third kappa shape index (κ3) is 5.60. The number of carbonyl (C=O) groups excluding carboxylic acids is 1. The van der Waals surface area contributed by atoms with Gasteiger partial charge in [-0.2, -0.15) is 0 Å². The Balaban J connectivity index is 1.56. The van der Waals surface area contributed by atoms with Gasteiger partial charge in [-0.15, -0.1) is 0 Å². The van der Waals surface area contributed by atoms with E-state index in [0.29, 0.717) is 23.8 Å². The first-order valence-corrected chi connectivity index (χ1v) is 9.71. The van der Waals surface area contributed by atoms with Gasteiger partial charge in [0.15, 0.2) is 6.61 Å². The predicted molar refractivity (Wildman–Crippen MR) is 109 cm³/mol. The van der Waals surface area contributed by atoms with Crippen LogP contribution in [0.3, 0.4) is 0 Å². The lowest BCUT2D eigenvalue weighted by Crippen LogP contribution is -2.21. The molecule has 1 unspecified atom stereocenters. The minimum absolute atomic E-state index is 0.0559. The molecule has 0 spiro atoms. The molecular weight excluding hydrogens is 445 g/mol. The van der Waals surface area contributed by atoms with Gasteiger partial charge in [0, 0.05) is 10.2 Å². The molecule has 1 atom stereocenters. The number of halogens is 1. The van der Waals surface area contributed by atoms with E-state index >= 15 is 0 Å². The summed E-state index contributed by atoms with van der Waals surface area (Å²) in [4.78, 5) is 12.2. The Morgan fingerprint density at radius 2 is 2.04 bits per heavy atom. The summed E-state index contributed by atoms with van der Waals surface area (Å²) in [5.74, 6) is 1.09. The molecule has 5 nitrogen and oxygen atoms in total. The summed E-state index contributed by atoms with van der Waals surface area (Å²) < 4.78 is 18.1. The average Bonchev–Trinajstić information content (AvgIpc) is 3.15. The molecule has 0 radical (unpaired) electrons. The molecule has 3 rings (SSSR count). The molecule has 1 N–H and O–H groups in total. The van der Waals surface area contributed by atoms with Crippen molar-refractivity contribution < 1.29 is 19.0 Å². The van der Waals surface area contributed by atoms with Crippen LogP contribution in [0.5, 0.6) is 11.5 Å². The zero-order chi connectivity index (χ0) is 18.4. The largest absolute Gasteiger partial charge is 0.489 e. The van der Waals surface area contributed by atoms with E-state index in [1.165, 1.54) is 0 Å². The third-order valence-corrected chi connectivity index (χ3v) is 4.76. The smallest absolute Gasteiger partial charge is 0.262 e. The molecule has 1 fully saturated rings. The topological polar surface area (TPSA) is 56.8 Å². The van der Waals surface area contributed by atoms with Crippen molar-refractivity contribution in [2.45, 2.75) is 25.9 Å². The van der Waals surface area contributed by atoms with Crippen molar-refractivity contribution in [3.05, 3.63) is 51.6 Å². The number of carbonyl (C=O) groups is 1. The van der Waals surface area contributed by atoms with Gasteiger partial charge in [0.25, 0.3) is 5.91 Å². The number of rotatable bonds is 7. The van der Waals surface area contributed by atoms with Crippen LogP contribution in [0.2, 0.25) is 0 Å². The molecule has 138 valence electrons. The van der Waals surface area contributed by atoms with Crippen molar-refractivity contribution in [1.29, 1.82) is 0 Å². The SMILES string of the molecule is Cc1ccc(NC(=O)COc2ccc(I)cc2)c(OCC2CCCO2)c1. The Morgan fingerprint density at radius 1 is 1.23 bits per heavy atom. The number of aryl methyl sites for hydroxylation is 1. The van der Waals surface area contributed by atoms with E-state index in [9.17, 15) is 4.79 Å². The van der Waals surface area contributed by atoms with Gasteiger partial charge in [0.05, 0.1) is 11.8 Å². The van der Waals surface area contributed by atoms with Crippen LogP contribution in [0.15, 0.2) is 42.5 Å². The van der Waals surface area contributed by atoms with Gasteiger partial charge in [-0.25, -0.2) is 0 Å². The van der Waals surface area contributed by atoms with Crippen molar-refractivity contribution in [3.8, 4) is 11.5 Å². The van der Waals surface area contributed by atoms with Crippen LogP contribution in [0.25, 0.3) is 0 Å². The van der Waals surface area contributed by atoms with E-state index in [0.717, 1.165) is 28.6 Å². The van der Waals surface area contributed by atoms with Crippen LogP contribution in [0, 0.1) is 10.5 Å². The minimum Gasteiger partial charge on any atom is -0.489 e. The zero-order valence-corrected chi connectivity index (χ0v) is 16.8. The molecule has 0 aliphatic carbocycles. The van der Waals surface area contributed by atoms with E-state index in [-0.39, 0.29) is 18.6 Å². The van der Waals surface area contributed by atoms with E-state index in [1.54, 1.807) is 0 Å². The average molecular weight is 467 g/mol. The second-order valence-corrected chi connectivity index (χ2v) is 7.48. The highest BCUT2D eigenvalue weighted by atomic mass is 127. The normalized spacial score (nSPS) is 16.3. The third-order valence-electron chi connectivity index (χ3n) is 4.04. The van der Waals surface area contributed by atoms with E-state index in [1.807, 2.05) is 49.4 Å². The van der Waals surface area contributed by atoms with Gasteiger partial charge in [0.2, 0.25) is 0 Å². The Bertz CT molecular complexity index is 742. The van der Waals surface area contributed by atoms with Gasteiger partial charge in [0.1, 0.15) is 18.1 Å². The zero-order valence-electron chi connectivity index (χ0n) is 14.7. The number of benzene rings is 2. The fourth-order valence-electron chi connectivity index (χ4n) is 2.68. The Hall–Kier alpha value is -1.80. The number of hydrogen-bond acceptors (Lipinski definition) is 4. The molecule has 26 heavy (non-hydrogen) atoms. The van der Waals surface area contributed by atoms with Crippen molar-refractivity contribution in [1.82, 2.24) is 0 Å². The first-order valence-electron chi connectivity index (χ1n) is 8.63. The van der Waals surface area contributed by atoms with E-state index in [2.05, 4.69) is 27.9 Å². The van der Waals surface area contributed by atoms with E-state index in [4.69, 9.17) is 14.2 Å². The highest BCUT2D eigenvalue weighted by molar-refractivity contribution is 14.1. The molecule has 0 saturated carbocycles. The highest BCUT2D eigenvalue weighted by Crippen LogP contribution is 2.27. The quantitative estimate of drug-likeness (QED) is 0.622. The molecule has 2 aromatic rings. The van der Waals surface area contributed by atoms with Crippen LogP contribution in [0.1, 0.15) is 18.4 Å². The van der Waals surface area contributed by atoms with Crippen molar-refractivity contribution in [3.63, 3.8) is 0 Å². The first-order chi connectivity index (χ1) is 12.6. The van der Waals surface area contributed by atoms with E-state index < -0.39 is 0 Å². The standard InChI is InChI=1S/C20H22INO4/c1-14-4-9-18(19(11-14)26-12-17-3-2-10-24-17)22-20(23)13-25-16-7-5-15(21)6-8-16/h4-9,11,17H,2-3,10,12-13H2,1H3,(H,22,23). The molecular formula is C20H22INO4. The van der Waals surface area contributed by atoms with Crippen LogP contribution >= 0.6 is 22.6 Å². The molecule has 1 heterocycles. The fourth-order valence-corrected chi connectivity index (χ4v) is 3.04. The van der Waals surface area contributed by atoms with Crippen molar-refractivity contribution in [2.75, 3.05) is 25.1 Å². The summed E-state index contributed by atoms with van der Waals surface area (Å²) in [6.07, 6.45) is 2.21. The van der Waals surface area contributed by atoms with Gasteiger partial charge >= 0.3 is 0 Å². The van der Waals surface area contributed by atoms with Crippen LogP contribution in [-0.4, -0.2) is 31.8 Å².